The number of rotatable bonds is 3. The zero-order chi connectivity index (χ0) is 13.3. The summed E-state index contributed by atoms with van der Waals surface area (Å²) >= 11 is 7.42. The van der Waals surface area contributed by atoms with Crippen molar-refractivity contribution in [1.29, 1.82) is 0 Å². The quantitative estimate of drug-likeness (QED) is 0.902. The fraction of sp³-hybridized carbons (Fsp3) is 0.692. The van der Waals surface area contributed by atoms with E-state index < -0.39 is 0 Å². The van der Waals surface area contributed by atoms with Crippen LogP contribution in [-0.4, -0.2) is 34.5 Å². The van der Waals surface area contributed by atoms with E-state index in [1.54, 1.807) is 11.3 Å². The van der Waals surface area contributed by atoms with Gasteiger partial charge in [0.1, 0.15) is 0 Å². The predicted octanol–water partition coefficient (Wildman–Crippen LogP) is 3.73. The first-order valence-electron chi connectivity index (χ1n) is 6.28. The Morgan fingerprint density at radius 1 is 1.44 bits per heavy atom. The molecule has 0 radical (unpaired) electrons. The number of thioether (sulfide) groups is 1. The molecule has 1 aliphatic rings. The molecule has 1 saturated heterocycles. The molecule has 2 heterocycles. The van der Waals surface area contributed by atoms with Crippen molar-refractivity contribution in [2.45, 2.75) is 37.6 Å². The van der Waals surface area contributed by atoms with Crippen molar-refractivity contribution in [2.75, 3.05) is 18.8 Å². The molecule has 0 amide bonds. The minimum Gasteiger partial charge on any atom is -0.326 e. The fourth-order valence-electron chi connectivity index (χ4n) is 2.55. The summed E-state index contributed by atoms with van der Waals surface area (Å²) in [6.07, 6.45) is 0. The molecule has 0 aromatic carbocycles. The number of hydrogen-bond acceptors (Lipinski definition) is 4. The summed E-state index contributed by atoms with van der Waals surface area (Å²) in [5.41, 5.74) is 6.24. The molecule has 5 heteroatoms. The van der Waals surface area contributed by atoms with Crippen molar-refractivity contribution in [2.24, 2.45) is 5.73 Å². The van der Waals surface area contributed by atoms with E-state index in [4.69, 9.17) is 5.73 Å². The van der Waals surface area contributed by atoms with Crippen LogP contribution in [0.15, 0.2) is 15.9 Å². The normalized spacial score (nSPS) is 23.8. The highest BCUT2D eigenvalue weighted by molar-refractivity contribution is 9.11. The van der Waals surface area contributed by atoms with E-state index in [0.29, 0.717) is 10.8 Å². The maximum atomic E-state index is 6.24. The zero-order valence-corrected chi connectivity index (χ0v) is 14.4. The van der Waals surface area contributed by atoms with Crippen LogP contribution in [0, 0.1) is 0 Å². The maximum absolute atomic E-state index is 6.24. The Morgan fingerprint density at radius 2 is 2.17 bits per heavy atom. The van der Waals surface area contributed by atoms with Crippen LogP contribution in [-0.2, 0) is 0 Å². The van der Waals surface area contributed by atoms with Gasteiger partial charge in [-0.3, -0.25) is 4.90 Å². The highest BCUT2D eigenvalue weighted by Crippen LogP contribution is 2.37. The summed E-state index contributed by atoms with van der Waals surface area (Å²) in [5.74, 6) is 1.20. The molecule has 0 aliphatic carbocycles. The van der Waals surface area contributed by atoms with E-state index in [1.165, 1.54) is 14.4 Å². The highest BCUT2D eigenvalue weighted by Gasteiger charge is 2.33. The molecular weight excluding hydrogens is 328 g/mol. The van der Waals surface area contributed by atoms with Crippen LogP contribution in [0.5, 0.6) is 0 Å². The molecule has 1 aromatic rings. The molecule has 2 unspecified atom stereocenters. The lowest BCUT2D eigenvalue weighted by Gasteiger charge is -2.42. The van der Waals surface area contributed by atoms with Crippen LogP contribution in [0.4, 0.5) is 0 Å². The van der Waals surface area contributed by atoms with Gasteiger partial charge in [0, 0.05) is 34.5 Å². The fourth-order valence-corrected chi connectivity index (χ4v) is 5.36. The molecule has 1 aromatic heterocycles. The molecule has 0 bridgehead atoms. The van der Waals surface area contributed by atoms with Crippen LogP contribution in [0.2, 0.25) is 0 Å². The summed E-state index contributed by atoms with van der Waals surface area (Å²) in [6.45, 7) is 9.01. The minimum absolute atomic E-state index is 0.162. The van der Waals surface area contributed by atoms with Crippen molar-refractivity contribution in [3.63, 3.8) is 0 Å². The second kappa shape index (κ2) is 5.83. The van der Waals surface area contributed by atoms with Crippen molar-refractivity contribution in [3.8, 4) is 0 Å². The molecule has 0 saturated carbocycles. The molecular formula is C13H21BrN2S2. The van der Waals surface area contributed by atoms with Crippen LogP contribution in [0.3, 0.4) is 0 Å². The molecule has 1 aliphatic heterocycles. The van der Waals surface area contributed by atoms with E-state index in [9.17, 15) is 0 Å². The number of nitrogens with two attached hydrogens (primary N) is 1. The Morgan fingerprint density at radius 3 is 2.67 bits per heavy atom. The van der Waals surface area contributed by atoms with Crippen LogP contribution in [0.1, 0.15) is 31.7 Å². The summed E-state index contributed by atoms with van der Waals surface area (Å²) in [7, 11) is 0. The first-order valence-corrected chi connectivity index (χ1v) is 8.87. The lowest BCUT2D eigenvalue weighted by Crippen LogP contribution is -2.48. The van der Waals surface area contributed by atoms with Crippen molar-refractivity contribution < 1.29 is 0 Å². The minimum atomic E-state index is 0.162. The summed E-state index contributed by atoms with van der Waals surface area (Å²) in [4.78, 5) is 3.93. The van der Waals surface area contributed by atoms with Crippen molar-refractivity contribution in [1.82, 2.24) is 4.90 Å². The van der Waals surface area contributed by atoms with E-state index in [2.05, 4.69) is 65.5 Å². The van der Waals surface area contributed by atoms with Gasteiger partial charge in [-0.25, -0.2) is 0 Å². The van der Waals surface area contributed by atoms with Crippen molar-refractivity contribution >= 4 is 39.0 Å². The Labute approximate surface area is 126 Å². The van der Waals surface area contributed by atoms with E-state index >= 15 is 0 Å². The first kappa shape index (κ1) is 14.9. The molecule has 102 valence electrons. The first-order chi connectivity index (χ1) is 8.39. The molecule has 2 atom stereocenters. The monoisotopic (exact) mass is 348 g/mol. The van der Waals surface area contributed by atoms with Gasteiger partial charge >= 0.3 is 0 Å². The topological polar surface area (TPSA) is 29.3 Å². The van der Waals surface area contributed by atoms with Gasteiger partial charge in [-0.1, -0.05) is 0 Å². The Balaban J connectivity index is 2.20. The van der Waals surface area contributed by atoms with Crippen LogP contribution < -0.4 is 5.73 Å². The van der Waals surface area contributed by atoms with Gasteiger partial charge in [-0.05, 0) is 48.8 Å². The maximum Gasteiger partial charge on any atom is 0.0702 e. The lowest BCUT2D eigenvalue weighted by molar-refractivity contribution is 0.171. The summed E-state index contributed by atoms with van der Waals surface area (Å²) in [6, 6.07) is 4.84. The largest absolute Gasteiger partial charge is 0.326 e. The molecule has 0 spiro atoms. The third-order valence-corrected chi connectivity index (χ3v) is 6.22. The Bertz CT molecular complexity index is 403. The number of halogens is 1. The third kappa shape index (κ3) is 3.51. The summed E-state index contributed by atoms with van der Waals surface area (Å²) in [5, 5.41) is 0. The second-order valence-corrected chi connectivity index (χ2v) is 9.82. The van der Waals surface area contributed by atoms with Gasteiger partial charge in [0.25, 0.3) is 0 Å². The zero-order valence-electron chi connectivity index (χ0n) is 11.1. The van der Waals surface area contributed by atoms with E-state index in [0.717, 1.165) is 13.1 Å². The van der Waals surface area contributed by atoms with Gasteiger partial charge in [0.2, 0.25) is 0 Å². The molecule has 2 rings (SSSR count). The molecule has 2 N–H and O–H groups in total. The number of hydrogen-bond donors (Lipinski definition) is 1. The highest BCUT2D eigenvalue weighted by atomic mass is 79.9. The van der Waals surface area contributed by atoms with E-state index in [1.807, 2.05) is 0 Å². The van der Waals surface area contributed by atoms with Gasteiger partial charge < -0.3 is 5.73 Å². The standard InChI is InChI=1S/C13H21BrN2S2/c1-9(15)12(10-4-5-11(14)18-10)16-6-7-17-13(2,3)8-16/h4-5,9,12H,6-8,15H2,1-3H3. The van der Waals surface area contributed by atoms with E-state index in [-0.39, 0.29) is 6.04 Å². The third-order valence-electron chi connectivity index (χ3n) is 3.23. The Hall–Kier alpha value is 0.450. The van der Waals surface area contributed by atoms with Gasteiger partial charge in [-0.2, -0.15) is 11.8 Å². The predicted molar refractivity (Wildman–Crippen MR) is 86.5 cm³/mol. The number of nitrogens with zero attached hydrogens (tertiary/aromatic N) is 1. The lowest BCUT2D eigenvalue weighted by atomic mass is 10.0. The molecule has 1 fully saturated rings. The Kier molecular flexibility index (Phi) is 4.81. The van der Waals surface area contributed by atoms with Crippen LogP contribution in [0.25, 0.3) is 0 Å². The van der Waals surface area contributed by atoms with Gasteiger partial charge in [0.15, 0.2) is 0 Å². The van der Waals surface area contributed by atoms with Gasteiger partial charge in [0.05, 0.1) is 9.83 Å². The second-order valence-electron chi connectivity index (χ2n) is 5.52. The average Bonchev–Trinajstić information content (AvgIpc) is 2.63. The SMILES string of the molecule is CC(N)C(c1ccc(Br)s1)N1CCSC(C)(C)C1. The number of thiophene rings is 1. The van der Waals surface area contributed by atoms with Crippen molar-refractivity contribution in [3.05, 3.63) is 20.8 Å². The summed E-state index contributed by atoms with van der Waals surface area (Å²) < 4.78 is 1.52. The van der Waals surface area contributed by atoms with Gasteiger partial charge in [-0.15, -0.1) is 11.3 Å². The molecule has 18 heavy (non-hydrogen) atoms. The average molecular weight is 349 g/mol. The molecule has 2 nitrogen and oxygen atoms in total. The van der Waals surface area contributed by atoms with Crippen LogP contribution >= 0.6 is 39.0 Å². The smallest absolute Gasteiger partial charge is 0.0702 e.